The van der Waals surface area contributed by atoms with Crippen LogP contribution in [0.3, 0.4) is 0 Å². The third-order valence-corrected chi connectivity index (χ3v) is 2.31. The Bertz CT molecular complexity index is 614. The second-order valence-corrected chi connectivity index (χ2v) is 3.71. The Hall–Kier alpha value is -2.82. The van der Waals surface area contributed by atoms with Gasteiger partial charge in [0.2, 0.25) is 5.91 Å². The quantitative estimate of drug-likeness (QED) is 0.836. The zero-order valence-corrected chi connectivity index (χ0v) is 9.83. The van der Waals surface area contributed by atoms with Crippen LogP contribution in [0.15, 0.2) is 53.2 Å². The van der Waals surface area contributed by atoms with E-state index < -0.39 is 5.97 Å². The molecule has 1 aromatic heterocycles. The highest BCUT2D eigenvalue weighted by molar-refractivity contribution is 6.02. The number of hydrogen-bond donors (Lipinski definition) is 1. The number of benzene rings is 1. The molecule has 1 N–H and O–H groups in total. The molecule has 0 unspecified atom stereocenters. The minimum absolute atomic E-state index is 0.00724. The Morgan fingerprint density at radius 3 is 2.74 bits per heavy atom. The van der Waals surface area contributed by atoms with Crippen molar-refractivity contribution in [2.75, 3.05) is 5.32 Å². The van der Waals surface area contributed by atoms with Crippen molar-refractivity contribution >= 4 is 23.6 Å². The van der Waals surface area contributed by atoms with Crippen molar-refractivity contribution in [2.24, 2.45) is 0 Å². The number of carboxylic acids is 1. The average Bonchev–Trinajstić information content (AvgIpc) is 2.90. The lowest BCUT2D eigenvalue weighted by Crippen LogP contribution is -2.22. The summed E-state index contributed by atoms with van der Waals surface area (Å²) in [5.41, 5.74) is 0.392. The Morgan fingerprint density at radius 1 is 1.21 bits per heavy atom. The number of furan rings is 1. The minimum Gasteiger partial charge on any atom is -0.545 e. The fourth-order valence-corrected chi connectivity index (χ4v) is 1.45. The number of anilines is 1. The van der Waals surface area contributed by atoms with Crippen molar-refractivity contribution in [1.29, 1.82) is 0 Å². The van der Waals surface area contributed by atoms with Crippen molar-refractivity contribution in [3.05, 3.63) is 60.1 Å². The molecule has 0 aliphatic heterocycles. The van der Waals surface area contributed by atoms with Gasteiger partial charge in [0, 0.05) is 11.8 Å². The topological polar surface area (TPSA) is 82.4 Å². The van der Waals surface area contributed by atoms with E-state index in [0.717, 1.165) is 0 Å². The Kier molecular flexibility index (Phi) is 3.78. The van der Waals surface area contributed by atoms with Crippen molar-refractivity contribution in [3.63, 3.8) is 0 Å². The first-order valence-corrected chi connectivity index (χ1v) is 5.49. The highest BCUT2D eigenvalue weighted by Gasteiger charge is 2.00. The maximum Gasteiger partial charge on any atom is 0.248 e. The predicted octanol–water partition coefficient (Wildman–Crippen LogP) is 1.29. The molecule has 2 rings (SSSR count). The summed E-state index contributed by atoms with van der Waals surface area (Å²) in [6.45, 7) is 0. The number of aromatic carboxylic acids is 1. The largest absolute Gasteiger partial charge is 0.545 e. The van der Waals surface area contributed by atoms with Crippen LogP contribution < -0.4 is 10.4 Å². The predicted molar refractivity (Wildman–Crippen MR) is 67.1 cm³/mol. The normalized spacial score (nSPS) is 10.5. The molecule has 0 radical (unpaired) electrons. The van der Waals surface area contributed by atoms with Crippen LogP contribution in [-0.4, -0.2) is 11.9 Å². The molecular weight excluding hydrogens is 246 g/mol. The number of hydrogen-bond acceptors (Lipinski definition) is 4. The van der Waals surface area contributed by atoms with E-state index in [-0.39, 0.29) is 11.5 Å². The van der Waals surface area contributed by atoms with Crippen molar-refractivity contribution < 1.29 is 19.1 Å². The summed E-state index contributed by atoms with van der Waals surface area (Å²) >= 11 is 0. The van der Waals surface area contributed by atoms with Gasteiger partial charge in [0.1, 0.15) is 5.76 Å². The lowest BCUT2D eigenvalue weighted by molar-refractivity contribution is -0.255. The molecule has 1 heterocycles. The molecule has 0 saturated carbocycles. The van der Waals surface area contributed by atoms with Gasteiger partial charge in [-0.15, -0.1) is 0 Å². The average molecular weight is 256 g/mol. The number of rotatable bonds is 4. The van der Waals surface area contributed by atoms with E-state index in [0.29, 0.717) is 11.4 Å². The summed E-state index contributed by atoms with van der Waals surface area (Å²) in [4.78, 5) is 22.3. The number of nitrogens with one attached hydrogen (secondary N) is 1. The van der Waals surface area contributed by atoms with Crippen LogP contribution in [-0.2, 0) is 4.79 Å². The summed E-state index contributed by atoms with van der Waals surface area (Å²) in [5.74, 6) is -1.12. The second kappa shape index (κ2) is 5.68. The molecule has 1 amide bonds. The van der Waals surface area contributed by atoms with Gasteiger partial charge in [-0.3, -0.25) is 4.79 Å². The van der Waals surface area contributed by atoms with Crippen LogP contribution in [0, 0.1) is 0 Å². The second-order valence-electron chi connectivity index (χ2n) is 3.71. The van der Waals surface area contributed by atoms with E-state index in [9.17, 15) is 14.7 Å². The molecule has 5 nitrogen and oxygen atoms in total. The highest BCUT2D eigenvalue weighted by atomic mass is 16.4. The van der Waals surface area contributed by atoms with Gasteiger partial charge < -0.3 is 19.6 Å². The van der Waals surface area contributed by atoms with Gasteiger partial charge in [0.25, 0.3) is 0 Å². The van der Waals surface area contributed by atoms with Gasteiger partial charge in [0.05, 0.1) is 12.2 Å². The molecule has 0 saturated heterocycles. The van der Waals surface area contributed by atoms with Crippen LogP contribution in [0.5, 0.6) is 0 Å². The van der Waals surface area contributed by atoms with Gasteiger partial charge in [-0.2, -0.15) is 0 Å². The van der Waals surface area contributed by atoms with Gasteiger partial charge in [-0.1, -0.05) is 12.1 Å². The molecule has 5 heteroatoms. The maximum atomic E-state index is 11.6. The number of carbonyl (C=O) groups is 2. The van der Waals surface area contributed by atoms with Crippen molar-refractivity contribution in [3.8, 4) is 0 Å². The van der Waals surface area contributed by atoms with Crippen LogP contribution in [0.4, 0.5) is 5.69 Å². The first kappa shape index (κ1) is 12.6. The monoisotopic (exact) mass is 256 g/mol. The Balaban J connectivity index is 2.03. The zero-order chi connectivity index (χ0) is 13.7. The van der Waals surface area contributed by atoms with E-state index >= 15 is 0 Å². The van der Waals surface area contributed by atoms with E-state index in [1.165, 1.54) is 36.6 Å². The summed E-state index contributed by atoms with van der Waals surface area (Å²) < 4.78 is 5.03. The van der Waals surface area contributed by atoms with Gasteiger partial charge >= 0.3 is 0 Å². The molecule has 0 aliphatic rings. The molecule has 0 bridgehead atoms. The molecule has 0 spiro atoms. The SMILES string of the molecule is O=C(/C=C/c1ccco1)Nc1cccc(C(=O)[O-])c1. The molecule has 0 atom stereocenters. The number of carbonyl (C=O) groups excluding carboxylic acids is 2. The van der Waals surface area contributed by atoms with E-state index in [2.05, 4.69) is 5.32 Å². The summed E-state index contributed by atoms with van der Waals surface area (Å²) in [7, 11) is 0. The van der Waals surface area contributed by atoms with Crippen molar-refractivity contribution in [2.45, 2.75) is 0 Å². The third kappa shape index (κ3) is 3.57. The molecule has 19 heavy (non-hydrogen) atoms. The number of carboxylic acid groups (broad SMARTS) is 1. The van der Waals surface area contributed by atoms with E-state index in [4.69, 9.17) is 4.42 Å². The van der Waals surface area contributed by atoms with Crippen LogP contribution >= 0.6 is 0 Å². The van der Waals surface area contributed by atoms with E-state index in [1.807, 2.05) is 0 Å². The smallest absolute Gasteiger partial charge is 0.248 e. The van der Waals surface area contributed by atoms with Crippen LogP contribution in [0.1, 0.15) is 16.1 Å². The minimum atomic E-state index is -1.29. The molecule has 0 aliphatic carbocycles. The molecule has 96 valence electrons. The van der Waals surface area contributed by atoms with Gasteiger partial charge in [0.15, 0.2) is 0 Å². The fraction of sp³-hybridized carbons (Fsp3) is 0. The lowest BCUT2D eigenvalue weighted by Gasteiger charge is -2.06. The van der Waals surface area contributed by atoms with Crippen LogP contribution in [0.25, 0.3) is 6.08 Å². The first-order valence-electron chi connectivity index (χ1n) is 5.49. The molecule has 2 aromatic rings. The lowest BCUT2D eigenvalue weighted by atomic mass is 10.2. The van der Waals surface area contributed by atoms with Crippen molar-refractivity contribution in [1.82, 2.24) is 0 Å². The third-order valence-electron chi connectivity index (χ3n) is 2.31. The molecule has 0 fully saturated rings. The summed E-state index contributed by atoms with van der Waals surface area (Å²) in [6.07, 6.45) is 4.31. The molecular formula is C14H10NO4-. The standard InChI is InChI=1S/C14H11NO4/c16-13(7-6-12-5-2-8-19-12)15-11-4-1-3-10(9-11)14(17)18/h1-9H,(H,15,16)(H,17,18)/p-1/b7-6+. The maximum absolute atomic E-state index is 11.6. The van der Waals surface area contributed by atoms with Gasteiger partial charge in [-0.05, 0) is 35.9 Å². The Labute approximate surface area is 109 Å². The number of amides is 1. The first-order chi connectivity index (χ1) is 9.15. The van der Waals surface area contributed by atoms with Gasteiger partial charge in [-0.25, -0.2) is 0 Å². The summed E-state index contributed by atoms with van der Waals surface area (Å²) in [5, 5.41) is 13.2. The zero-order valence-electron chi connectivity index (χ0n) is 9.83. The summed E-state index contributed by atoms with van der Waals surface area (Å²) in [6, 6.07) is 9.25. The molecule has 1 aromatic carbocycles. The highest BCUT2D eigenvalue weighted by Crippen LogP contribution is 2.10. The van der Waals surface area contributed by atoms with Crippen LogP contribution in [0.2, 0.25) is 0 Å². The van der Waals surface area contributed by atoms with E-state index in [1.54, 1.807) is 18.2 Å². The fourth-order valence-electron chi connectivity index (χ4n) is 1.45. The Morgan fingerprint density at radius 2 is 2.05 bits per heavy atom.